The molecule has 1 spiro atoms. The minimum absolute atomic E-state index is 0.593. The summed E-state index contributed by atoms with van der Waals surface area (Å²) in [5, 5.41) is 2.16. The normalized spacial score (nSPS) is 13.1. The number of rotatable bonds is 3. The van der Waals surface area contributed by atoms with Crippen molar-refractivity contribution in [3.8, 4) is 67.5 Å². The Morgan fingerprint density at radius 2 is 0.750 bits per heavy atom. The van der Waals surface area contributed by atoms with Gasteiger partial charge in [0.15, 0.2) is 17.5 Å². The van der Waals surface area contributed by atoms with E-state index in [9.17, 15) is 0 Å². The summed E-state index contributed by atoms with van der Waals surface area (Å²) in [4.78, 5) is 15.5. The first-order chi connectivity index (χ1) is 27.8. The number of para-hydroxylation sites is 1. The van der Waals surface area contributed by atoms with Gasteiger partial charge in [-0.3, -0.25) is 0 Å². The predicted molar refractivity (Wildman–Crippen MR) is 225 cm³/mol. The van der Waals surface area contributed by atoms with Crippen LogP contribution in [0.5, 0.6) is 0 Å². The summed E-state index contributed by atoms with van der Waals surface area (Å²) >= 11 is 0. The molecule has 2 aromatic heterocycles. The maximum atomic E-state index is 6.31. The SMILES string of the molecule is c1ccc(-c2nc(-c3ccc4c(c3)C3(c5ccccc5-c5ccccc5-c5ccccc53)c3ccccc3-4)nc(-c3ccc4c(c3)oc3ccccc34)n2)cc1. The largest absolute Gasteiger partial charge is 0.456 e. The summed E-state index contributed by atoms with van der Waals surface area (Å²) in [5.74, 6) is 1.83. The molecule has 0 fully saturated rings. The van der Waals surface area contributed by atoms with Gasteiger partial charge in [-0.2, -0.15) is 0 Å². The molecule has 0 saturated heterocycles. The quantitative estimate of drug-likeness (QED) is 0.183. The van der Waals surface area contributed by atoms with Crippen molar-refractivity contribution in [1.29, 1.82) is 0 Å². The maximum absolute atomic E-state index is 6.31. The molecule has 2 aliphatic carbocycles. The summed E-state index contributed by atoms with van der Waals surface area (Å²) in [6, 6.07) is 67.0. The summed E-state index contributed by atoms with van der Waals surface area (Å²) in [6.45, 7) is 0. The highest BCUT2D eigenvalue weighted by Crippen LogP contribution is 2.61. The lowest BCUT2D eigenvalue weighted by molar-refractivity contribution is 0.669. The fourth-order valence-electron chi connectivity index (χ4n) is 9.40. The Morgan fingerprint density at radius 3 is 1.39 bits per heavy atom. The number of hydrogen-bond acceptors (Lipinski definition) is 4. The molecule has 0 unspecified atom stereocenters. The van der Waals surface area contributed by atoms with Crippen molar-refractivity contribution < 1.29 is 4.42 Å². The van der Waals surface area contributed by atoms with Gasteiger partial charge >= 0.3 is 0 Å². The molecule has 4 heteroatoms. The average molecular weight is 714 g/mol. The molecule has 8 aromatic carbocycles. The van der Waals surface area contributed by atoms with Crippen LogP contribution in [0.15, 0.2) is 192 Å². The van der Waals surface area contributed by atoms with Crippen LogP contribution >= 0.6 is 0 Å². The molecule has 4 nitrogen and oxygen atoms in total. The van der Waals surface area contributed by atoms with Crippen LogP contribution in [0.3, 0.4) is 0 Å². The van der Waals surface area contributed by atoms with Crippen LogP contribution in [0.25, 0.3) is 89.5 Å². The number of hydrogen-bond donors (Lipinski definition) is 0. The molecule has 0 amide bonds. The van der Waals surface area contributed by atoms with Gasteiger partial charge in [-0.1, -0.05) is 164 Å². The molecular weight excluding hydrogens is 683 g/mol. The molecule has 56 heavy (non-hydrogen) atoms. The Bertz CT molecular complexity index is 3150. The smallest absolute Gasteiger partial charge is 0.164 e. The van der Waals surface area contributed by atoms with Crippen LogP contribution in [-0.4, -0.2) is 15.0 Å². The minimum atomic E-state index is -0.599. The average Bonchev–Trinajstić information content (AvgIpc) is 3.76. The van der Waals surface area contributed by atoms with Gasteiger partial charge in [-0.25, -0.2) is 15.0 Å². The molecule has 2 heterocycles. The van der Waals surface area contributed by atoms with Crippen molar-refractivity contribution in [2.45, 2.75) is 5.41 Å². The summed E-state index contributed by atoms with van der Waals surface area (Å²) in [7, 11) is 0. The standard InChI is InChI=1S/C52H31N3O/c1-2-14-32(15-3-1)49-53-50(55-51(54-49)34-27-29-42-41-21-9-13-25-47(41)56-48(42)31-34)33-26-28-40-39-20-8-12-24-45(39)52(46(40)30-33)43-22-10-6-18-37(43)35-16-4-5-17-36(35)38-19-7-11-23-44(38)52/h1-31H. The lowest BCUT2D eigenvalue weighted by Crippen LogP contribution is -2.29. The zero-order valence-corrected chi connectivity index (χ0v) is 30.1. The lowest BCUT2D eigenvalue weighted by Gasteiger charge is -2.35. The monoisotopic (exact) mass is 713 g/mol. The van der Waals surface area contributed by atoms with E-state index in [1.165, 1.54) is 55.6 Å². The summed E-state index contributed by atoms with van der Waals surface area (Å²) < 4.78 is 6.31. The first-order valence-electron chi connectivity index (χ1n) is 19.0. The molecule has 260 valence electrons. The zero-order chi connectivity index (χ0) is 36.8. The minimum Gasteiger partial charge on any atom is -0.456 e. The Hall–Kier alpha value is -7.43. The number of nitrogens with zero attached hydrogens (tertiary/aromatic N) is 3. The molecule has 0 atom stereocenters. The second-order valence-electron chi connectivity index (χ2n) is 14.7. The van der Waals surface area contributed by atoms with E-state index in [0.717, 1.165) is 38.6 Å². The van der Waals surface area contributed by atoms with Gasteiger partial charge in [0, 0.05) is 27.5 Å². The van der Waals surface area contributed by atoms with Gasteiger partial charge in [0.1, 0.15) is 11.2 Å². The Morgan fingerprint density at radius 1 is 0.304 bits per heavy atom. The van der Waals surface area contributed by atoms with E-state index in [0.29, 0.717) is 17.5 Å². The number of fused-ring (bicyclic) bond motifs is 15. The summed E-state index contributed by atoms with van der Waals surface area (Å²) in [5.41, 5.74) is 16.2. The highest BCUT2D eigenvalue weighted by molar-refractivity contribution is 6.06. The topological polar surface area (TPSA) is 51.8 Å². The number of furan rings is 1. The van der Waals surface area contributed by atoms with Gasteiger partial charge < -0.3 is 4.42 Å². The van der Waals surface area contributed by atoms with E-state index in [1.54, 1.807) is 0 Å². The van der Waals surface area contributed by atoms with Crippen molar-refractivity contribution in [3.63, 3.8) is 0 Å². The van der Waals surface area contributed by atoms with Gasteiger partial charge in [0.2, 0.25) is 0 Å². The van der Waals surface area contributed by atoms with Gasteiger partial charge in [0.25, 0.3) is 0 Å². The number of aromatic nitrogens is 3. The van der Waals surface area contributed by atoms with E-state index >= 15 is 0 Å². The van der Waals surface area contributed by atoms with E-state index in [2.05, 4.69) is 152 Å². The Labute approximate surface area is 323 Å². The van der Waals surface area contributed by atoms with Gasteiger partial charge in [-0.05, 0) is 79.9 Å². The Balaban J connectivity index is 1.13. The third-order valence-corrected chi connectivity index (χ3v) is 11.8. The first-order valence-corrected chi connectivity index (χ1v) is 19.0. The van der Waals surface area contributed by atoms with E-state index in [-0.39, 0.29) is 0 Å². The van der Waals surface area contributed by atoms with Crippen molar-refractivity contribution in [2.75, 3.05) is 0 Å². The lowest BCUT2D eigenvalue weighted by atomic mass is 9.66. The zero-order valence-electron chi connectivity index (χ0n) is 30.1. The van der Waals surface area contributed by atoms with Crippen LogP contribution in [0.4, 0.5) is 0 Å². The van der Waals surface area contributed by atoms with E-state index in [4.69, 9.17) is 19.4 Å². The maximum Gasteiger partial charge on any atom is 0.164 e. The highest BCUT2D eigenvalue weighted by atomic mass is 16.3. The molecule has 10 aromatic rings. The fraction of sp³-hybridized carbons (Fsp3) is 0.0192. The van der Waals surface area contributed by atoms with Crippen molar-refractivity contribution in [3.05, 3.63) is 210 Å². The fourth-order valence-corrected chi connectivity index (χ4v) is 9.40. The van der Waals surface area contributed by atoms with Crippen LogP contribution in [-0.2, 0) is 5.41 Å². The van der Waals surface area contributed by atoms with Crippen molar-refractivity contribution in [1.82, 2.24) is 15.0 Å². The van der Waals surface area contributed by atoms with E-state index in [1.807, 2.05) is 36.4 Å². The molecule has 0 radical (unpaired) electrons. The second kappa shape index (κ2) is 11.8. The summed E-state index contributed by atoms with van der Waals surface area (Å²) in [6.07, 6.45) is 0. The van der Waals surface area contributed by atoms with Crippen LogP contribution in [0, 0.1) is 0 Å². The highest BCUT2D eigenvalue weighted by Gasteiger charge is 2.49. The first kappa shape index (κ1) is 31.0. The molecule has 12 rings (SSSR count). The molecule has 2 aliphatic rings. The van der Waals surface area contributed by atoms with Gasteiger partial charge in [-0.15, -0.1) is 0 Å². The number of benzene rings is 8. The van der Waals surface area contributed by atoms with Gasteiger partial charge in [0.05, 0.1) is 5.41 Å². The third-order valence-electron chi connectivity index (χ3n) is 11.8. The Kier molecular flexibility index (Phi) is 6.52. The molecule has 0 N–H and O–H groups in total. The predicted octanol–water partition coefficient (Wildman–Crippen LogP) is 12.8. The molecule has 0 bridgehead atoms. The molecule has 0 saturated carbocycles. The molecular formula is C52H31N3O. The van der Waals surface area contributed by atoms with Crippen molar-refractivity contribution in [2.24, 2.45) is 0 Å². The van der Waals surface area contributed by atoms with E-state index < -0.39 is 5.41 Å². The van der Waals surface area contributed by atoms with Crippen LogP contribution < -0.4 is 0 Å². The second-order valence-corrected chi connectivity index (χ2v) is 14.7. The van der Waals surface area contributed by atoms with Crippen LogP contribution in [0.1, 0.15) is 22.3 Å². The molecule has 0 aliphatic heterocycles. The van der Waals surface area contributed by atoms with Crippen molar-refractivity contribution >= 4 is 21.9 Å². The third kappa shape index (κ3) is 4.32. The van der Waals surface area contributed by atoms with Crippen LogP contribution in [0.2, 0.25) is 0 Å².